The molecule has 4 nitrogen and oxygen atoms in total. The van der Waals surface area contributed by atoms with Crippen LogP contribution in [0, 0.1) is 0 Å². The Morgan fingerprint density at radius 3 is 1.68 bits per heavy atom. The highest BCUT2D eigenvalue weighted by atomic mass is 32.1. The van der Waals surface area contributed by atoms with E-state index in [0.29, 0.717) is 0 Å². The van der Waals surface area contributed by atoms with E-state index in [0.717, 1.165) is 28.4 Å². The van der Waals surface area contributed by atoms with Gasteiger partial charge in [-0.2, -0.15) is 0 Å². The molecular weight excluding hydrogens is 892 g/mol. The SMILES string of the molecule is c1ccc(-c2cccc3c2sc2c4c(ccc23)B2c3c(cccc3N4c3ccccc3)N(c3ccccc3)c3cc4c5cc(N(c6ccccc6)c6ccccc6)ccc5n5c6ccccc6c(c32)c45)cc1. The molecule has 0 atom stereocenters. The van der Waals surface area contributed by atoms with Crippen molar-refractivity contribution in [3.05, 3.63) is 249 Å². The van der Waals surface area contributed by atoms with Crippen molar-refractivity contribution in [1.82, 2.24) is 4.40 Å². The summed E-state index contributed by atoms with van der Waals surface area (Å²) >= 11 is 1.94. The Bertz CT molecular complexity index is 4420. The molecule has 0 radical (unpaired) electrons. The molecular formula is C66H41BN4S. The number of thiophene rings is 1. The lowest BCUT2D eigenvalue weighted by molar-refractivity contribution is 1.26. The van der Waals surface area contributed by atoms with Gasteiger partial charge in [0.2, 0.25) is 0 Å². The Labute approximate surface area is 420 Å². The van der Waals surface area contributed by atoms with E-state index in [2.05, 4.69) is 268 Å². The summed E-state index contributed by atoms with van der Waals surface area (Å²) in [5.41, 5.74) is 20.7. The first-order chi connectivity index (χ1) is 35.8. The van der Waals surface area contributed by atoms with E-state index >= 15 is 0 Å². The van der Waals surface area contributed by atoms with Crippen LogP contribution in [0.5, 0.6) is 0 Å². The number of hydrogen-bond donors (Lipinski definition) is 0. The van der Waals surface area contributed by atoms with Gasteiger partial charge in [0.1, 0.15) is 0 Å². The van der Waals surface area contributed by atoms with Gasteiger partial charge in [-0.1, -0.05) is 158 Å². The average Bonchev–Trinajstić information content (AvgIpc) is 4.12. The minimum atomic E-state index is -0.0800. The molecule has 0 saturated heterocycles. The van der Waals surface area contributed by atoms with Gasteiger partial charge in [-0.15, -0.1) is 11.3 Å². The largest absolute Gasteiger partial charge is 0.311 e. The first kappa shape index (κ1) is 39.7. The zero-order valence-electron chi connectivity index (χ0n) is 38.9. The molecule has 14 aromatic rings. The molecule has 334 valence electrons. The number of anilines is 9. The lowest BCUT2D eigenvalue weighted by atomic mass is 9.33. The van der Waals surface area contributed by atoms with Crippen molar-refractivity contribution < 1.29 is 0 Å². The Kier molecular flexibility index (Phi) is 8.39. The van der Waals surface area contributed by atoms with Crippen LogP contribution in [0.2, 0.25) is 0 Å². The maximum absolute atomic E-state index is 2.58. The molecule has 0 amide bonds. The van der Waals surface area contributed by atoms with E-state index in [1.165, 1.54) is 109 Å². The van der Waals surface area contributed by atoms with Gasteiger partial charge in [0.15, 0.2) is 0 Å². The molecule has 0 N–H and O–H groups in total. The van der Waals surface area contributed by atoms with Crippen LogP contribution >= 0.6 is 11.3 Å². The summed E-state index contributed by atoms with van der Waals surface area (Å²) in [6.07, 6.45) is 0. The van der Waals surface area contributed by atoms with Gasteiger partial charge in [0.05, 0.1) is 26.9 Å². The Balaban J connectivity index is 1.04. The fraction of sp³-hybridized carbons (Fsp3) is 0. The van der Waals surface area contributed by atoms with E-state index in [4.69, 9.17) is 0 Å². The quantitative estimate of drug-likeness (QED) is 0.154. The van der Waals surface area contributed by atoms with E-state index < -0.39 is 0 Å². The summed E-state index contributed by atoms with van der Waals surface area (Å²) in [6, 6.07) is 91.9. The third-order valence-corrected chi connectivity index (χ3v) is 16.7. The fourth-order valence-electron chi connectivity index (χ4n) is 12.6. The van der Waals surface area contributed by atoms with Crippen LogP contribution in [0.1, 0.15) is 0 Å². The minimum absolute atomic E-state index is 0.0800. The fourth-order valence-corrected chi connectivity index (χ4v) is 14.0. The van der Waals surface area contributed by atoms with Crippen LogP contribution in [0.15, 0.2) is 249 Å². The summed E-state index contributed by atoms with van der Waals surface area (Å²) in [4.78, 5) is 7.52. The Morgan fingerprint density at radius 1 is 0.375 bits per heavy atom. The number of aromatic nitrogens is 1. The predicted octanol–water partition coefficient (Wildman–Crippen LogP) is 16.4. The molecule has 0 fully saturated rings. The molecule has 11 aromatic carbocycles. The van der Waals surface area contributed by atoms with Crippen molar-refractivity contribution >= 4 is 144 Å². The van der Waals surface area contributed by atoms with Crippen molar-refractivity contribution in [3.63, 3.8) is 0 Å². The maximum Gasteiger partial charge on any atom is 0.253 e. The summed E-state index contributed by atoms with van der Waals surface area (Å²) in [7, 11) is 0. The molecule has 0 saturated carbocycles. The van der Waals surface area contributed by atoms with Gasteiger partial charge in [0, 0.05) is 82.5 Å². The van der Waals surface area contributed by atoms with Crippen molar-refractivity contribution in [1.29, 1.82) is 0 Å². The van der Waals surface area contributed by atoms with Crippen molar-refractivity contribution in [2.75, 3.05) is 14.7 Å². The normalized spacial score (nSPS) is 12.9. The molecule has 2 aliphatic rings. The highest BCUT2D eigenvalue weighted by Crippen LogP contribution is 2.52. The van der Waals surface area contributed by atoms with Gasteiger partial charge >= 0.3 is 0 Å². The summed E-state index contributed by atoms with van der Waals surface area (Å²) in [5, 5.41) is 7.64. The van der Waals surface area contributed by atoms with Crippen LogP contribution in [0.25, 0.3) is 69.4 Å². The lowest BCUT2D eigenvalue weighted by Crippen LogP contribution is -2.61. The van der Waals surface area contributed by atoms with Crippen LogP contribution in [-0.4, -0.2) is 11.1 Å². The third kappa shape index (κ3) is 5.47. The number of rotatable bonds is 6. The predicted molar refractivity (Wildman–Crippen MR) is 308 cm³/mol. The summed E-state index contributed by atoms with van der Waals surface area (Å²) in [6.45, 7) is -0.0800. The second kappa shape index (κ2) is 15.2. The van der Waals surface area contributed by atoms with Gasteiger partial charge < -0.3 is 19.1 Å². The Morgan fingerprint density at radius 2 is 0.958 bits per heavy atom. The monoisotopic (exact) mass is 932 g/mol. The molecule has 0 aliphatic carbocycles. The number of nitrogens with zero attached hydrogens (tertiary/aromatic N) is 4. The first-order valence-corrected chi connectivity index (χ1v) is 25.6. The average molecular weight is 933 g/mol. The van der Waals surface area contributed by atoms with Gasteiger partial charge in [0.25, 0.3) is 6.71 Å². The molecule has 72 heavy (non-hydrogen) atoms. The zero-order valence-corrected chi connectivity index (χ0v) is 39.8. The van der Waals surface area contributed by atoms with Crippen LogP contribution < -0.4 is 31.1 Å². The van der Waals surface area contributed by atoms with E-state index in [1.807, 2.05) is 11.3 Å². The van der Waals surface area contributed by atoms with E-state index in [1.54, 1.807) is 0 Å². The molecule has 2 aliphatic heterocycles. The second-order valence-electron chi connectivity index (χ2n) is 19.2. The zero-order chi connectivity index (χ0) is 47.0. The highest BCUT2D eigenvalue weighted by Gasteiger charge is 2.46. The summed E-state index contributed by atoms with van der Waals surface area (Å²) in [5.74, 6) is 0. The number of benzene rings is 11. The van der Waals surface area contributed by atoms with Crippen molar-refractivity contribution in [2.24, 2.45) is 0 Å². The molecule has 5 heterocycles. The second-order valence-corrected chi connectivity index (χ2v) is 20.2. The minimum Gasteiger partial charge on any atom is -0.311 e. The van der Waals surface area contributed by atoms with Gasteiger partial charge in [-0.3, -0.25) is 0 Å². The topological polar surface area (TPSA) is 14.1 Å². The molecule has 0 spiro atoms. The number of fused-ring (bicyclic) bond motifs is 15. The highest BCUT2D eigenvalue weighted by molar-refractivity contribution is 7.27. The molecule has 6 heteroatoms. The molecule has 16 rings (SSSR count). The first-order valence-electron chi connectivity index (χ1n) is 24.8. The van der Waals surface area contributed by atoms with Crippen molar-refractivity contribution in [3.8, 4) is 11.1 Å². The molecule has 0 unspecified atom stereocenters. The van der Waals surface area contributed by atoms with Gasteiger partial charge in [-0.05, 0) is 119 Å². The summed E-state index contributed by atoms with van der Waals surface area (Å²) < 4.78 is 5.18. The number of hydrogen-bond acceptors (Lipinski definition) is 4. The number of para-hydroxylation sites is 5. The lowest BCUT2D eigenvalue weighted by Gasteiger charge is -2.44. The smallest absolute Gasteiger partial charge is 0.253 e. The standard InChI is InChI=1S/C66H41BN4S/c1-6-20-42(21-7-1)48-31-18-32-49-50-37-38-54-64(66(50)72-65(48)49)70(46-28-14-5-15-29-46)58-35-19-34-57-61(58)67(54)62-59(69(57)45-26-12-4-13-27-45)41-53-52-40-47(68(43-22-8-2-9-23-43)44-24-10-3-11-25-44)36-39-56(52)71-55-33-17-16-30-51(55)60(62)63(53)71/h1-41H. The van der Waals surface area contributed by atoms with Crippen LogP contribution in [0.4, 0.5) is 51.2 Å². The molecule has 3 aromatic heterocycles. The van der Waals surface area contributed by atoms with Gasteiger partial charge in [-0.25, -0.2) is 0 Å². The molecule has 0 bridgehead atoms. The van der Waals surface area contributed by atoms with Crippen LogP contribution in [-0.2, 0) is 0 Å². The Hall–Kier alpha value is -9.10. The van der Waals surface area contributed by atoms with E-state index in [-0.39, 0.29) is 6.71 Å². The van der Waals surface area contributed by atoms with Crippen molar-refractivity contribution in [2.45, 2.75) is 0 Å². The maximum atomic E-state index is 2.58. The third-order valence-electron chi connectivity index (χ3n) is 15.4. The van der Waals surface area contributed by atoms with E-state index in [9.17, 15) is 0 Å². The van der Waals surface area contributed by atoms with Crippen LogP contribution in [0.3, 0.4) is 0 Å².